The van der Waals surface area contributed by atoms with E-state index in [-0.39, 0.29) is 82.8 Å². The van der Waals surface area contributed by atoms with Crippen molar-refractivity contribution in [2.75, 3.05) is 92.0 Å². The van der Waals surface area contributed by atoms with Crippen molar-refractivity contribution in [3.63, 3.8) is 0 Å². The maximum Gasteiger partial charge on any atom is 0.410 e. The highest BCUT2D eigenvalue weighted by Crippen LogP contribution is 2.62. The predicted molar refractivity (Wildman–Crippen MR) is 201 cm³/mol. The number of allylic oxidation sites excluding steroid dienone is 1. The minimum atomic E-state index is -1.42. The third kappa shape index (κ3) is 10.0. The van der Waals surface area contributed by atoms with E-state index in [1.165, 1.54) is 7.11 Å². The first-order valence-corrected chi connectivity index (χ1v) is 19.6. The summed E-state index contributed by atoms with van der Waals surface area (Å²) >= 11 is 5.97. The lowest BCUT2D eigenvalue weighted by molar-refractivity contribution is -0.256. The maximum atomic E-state index is 14.0. The van der Waals surface area contributed by atoms with E-state index in [1.807, 2.05) is 12.1 Å². The minimum Gasteiger partial charge on any atom is -0.492 e. The topological polar surface area (TPSA) is 152 Å². The van der Waals surface area contributed by atoms with Crippen LogP contribution in [0.3, 0.4) is 0 Å². The van der Waals surface area contributed by atoms with E-state index in [0.717, 1.165) is 62.2 Å². The Morgan fingerprint density at radius 2 is 1.89 bits per heavy atom. The monoisotopic (exact) mass is 763 g/mol. The number of ether oxygens (including phenoxy) is 5. The zero-order chi connectivity index (χ0) is 37.6. The van der Waals surface area contributed by atoms with E-state index in [1.54, 1.807) is 11.0 Å². The molecule has 5 rings (SSSR count). The fraction of sp³-hybridized carbons (Fsp3) is 0.692. The molecule has 0 spiro atoms. The van der Waals surface area contributed by atoms with Gasteiger partial charge in [0.05, 0.1) is 43.9 Å². The Kier molecular flexibility index (Phi) is 16.1. The number of hydrogen-bond donors (Lipinski definition) is 3. The van der Waals surface area contributed by atoms with Crippen molar-refractivity contribution in [3.8, 4) is 11.5 Å². The largest absolute Gasteiger partial charge is 0.492 e. The van der Waals surface area contributed by atoms with Gasteiger partial charge in [-0.1, -0.05) is 30.1 Å². The van der Waals surface area contributed by atoms with Gasteiger partial charge in [0.2, 0.25) is 5.79 Å². The number of halogens is 1. The molecule has 53 heavy (non-hydrogen) atoms. The Morgan fingerprint density at radius 1 is 1.09 bits per heavy atom. The van der Waals surface area contributed by atoms with Gasteiger partial charge in [0.15, 0.2) is 0 Å². The van der Waals surface area contributed by atoms with Crippen LogP contribution in [0.15, 0.2) is 47.7 Å². The number of alkyl halides is 1. The number of oxime groups is 1. The van der Waals surface area contributed by atoms with E-state index in [2.05, 4.69) is 28.8 Å². The molecule has 4 aliphatic rings. The van der Waals surface area contributed by atoms with Crippen LogP contribution in [-0.2, 0) is 19.0 Å². The van der Waals surface area contributed by atoms with Crippen molar-refractivity contribution in [2.45, 2.75) is 62.7 Å². The fourth-order valence-corrected chi connectivity index (χ4v) is 8.43. The third-order valence-electron chi connectivity index (χ3n) is 10.7. The van der Waals surface area contributed by atoms with Crippen LogP contribution in [0.1, 0.15) is 56.4 Å². The number of unbranched alkanes of at least 4 members (excludes halogenated alkanes) is 2. The second-order valence-electron chi connectivity index (χ2n) is 14.0. The Bertz CT molecular complexity index is 1390. The molecule has 2 aliphatic heterocycles. The van der Waals surface area contributed by atoms with Gasteiger partial charge >= 0.3 is 6.09 Å². The van der Waals surface area contributed by atoms with Gasteiger partial charge in [-0.05, 0) is 61.3 Å². The van der Waals surface area contributed by atoms with Crippen molar-refractivity contribution in [1.29, 1.82) is 0 Å². The number of benzene rings is 1. The van der Waals surface area contributed by atoms with Gasteiger partial charge in [0.1, 0.15) is 37.9 Å². The van der Waals surface area contributed by atoms with Crippen LogP contribution in [-0.4, -0.2) is 141 Å². The number of aliphatic hydroxyl groups excluding tert-OH is 3. The molecule has 1 aromatic rings. The molecule has 296 valence electrons. The van der Waals surface area contributed by atoms with Crippen LogP contribution in [0, 0.1) is 17.8 Å². The van der Waals surface area contributed by atoms with Gasteiger partial charge < -0.3 is 43.8 Å². The summed E-state index contributed by atoms with van der Waals surface area (Å²) in [5.41, 5.74) is 2.60. The number of carbonyl (C=O) groups excluding carboxylic acids is 1. The second kappa shape index (κ2) is 20.7. The molecule has 3 N–H and O–H groups in total. The van der Waals surface area contributed by atoms with Gasteiger partial charge in [-0.2, -0.15) is 0 Å². The number of carbonyl (C=O) groups is 1. The second-order valence-corrected chi connectivity index (χ2v) is 14.4. The standard InChI is InChI=1S/C39H58ClN3O10/c1-3-20-52-39-35(43(16-22-49-24-19-46)38(47)51-21-12-40)27-33(41-48-2)31-25-28(8-4-6-17-44)30(9-5-7-18-45)36(37(31)39)32-26-29(10-11-34(32)53-39)50-23-15-42-13-14-42/h3,10-11,25-26,28,30,35-37,44-46H,1,4-9,12-24,27H2,2H3. The SMILES string of the molecule is C=CCOC12Oc3ccc(OCCN4CC4)cc3C3C(CCCCO)C(CCCCO)C=C(C(=NOC)CC1N(CCOCCO)C(=O)OCCCl)C32. The molecule has 6 atom stereocenters. The molecule has 2 heterocycles. The first kappa shape index (κ1) is 41.3. The fourth-order valence-electron chi connectivity index (χ4n) is 8.35. The summed E-state index contributed by atoms with van der Waals surface area (Å²) in [6.07, 6.45) is 8.28. The summed E-state index contributed by atoms with van der Waals surface area (Å²) in [5.74, 6) is -0.338. The lowest BCUT2D eigenvalue weighted by Crippen LogP contribution is -2.70. The lowest BCUT2D eigenvalue weighted by atomic mass is 9.55. The Hall–Kier alpha value is -2.91. The quantitative estimate of drug-likeness (QED) is 0.0454. The number of hydrogen-bond acceptors (Lipinski definition) is 12. The smallest absolute Gasteiger partial charge is 0.410 e. The van der Waals surface area contributed by atoms with Crippen molar-refractivity contribution >= 4 is 23.4 Å². The zero-order valence-corrected chi connectivity index (χ0v) is 31.8. The van der Waals surface area contributed by atoms with Crippen LogP contribution in [0.2, 0.25) is 0 Å². The highest BCUT2D eigenvalue weighted by Gasteiger charge is 2.65. The van der Waals surface area contributed by atoms with Crippen LogP contribution in [0.5, 0.6) is 11.5 Å². The Balaban J connectivity index is 1.70. The summed E-state index contributed by atoms with van der Waals surface area (Å²) in [6, 6.07) is 5.20. The van der Waals surface area contributed by atoms with E-state index in [4.69, 9.17) is 40.1 Å². The normalized spacial score (nSPS) is 26.5. The van der Waals surface area contributed by atoms with Gasteiger partial charge in [-0.25, -0.2) is 4.79 Å². The van der Waals surface area contributed by atoms with Crippen LogP contribution < -0.4 is 9.47 Å². The van der Waals surface area contributed by atoms with Gasteiger partial charge in [-0.15, -0.1) is 18.2 Å². The molecule has 1 amide bonds. The number of aliphatic hydroxyl groups is 3. The van der Waals surface area contributed by atoms with Crippen LogP contribution in [0.4, 0.5) is 4.79 Å². The van der Waals surface area contributed by atoms with E-state index >= 15 is 0 Å². The van der Waals surface area contributed by atoms with Crippen molar-refractivity contribution in [3.05, 3.63) is 48.1 Å². The molecule has 0 aromatic heterocycles. The van der Waals surface area contributed by atoms with Crippen molar-refractivity contribution in [1.82, 2.24) is 9.80 Å². The van der Waals surface area contributed by atoms with Gasteiger partial charge in [0.25, 0.3) is 0 Å². The van der Waals surface area contributed by atoms with Crippen molar-refractivity contribution in [2.24, 2.45) is 22.9 Å². The third-order valence-corrected chi connectivity index (χ3v) is 10.8. The van der Waals surface area contributed by atoms with Gasteiger partial charge in [-0.3, -0.25) is 9.80 Å². The summed E-state index contributed by atoms with van der Waals surface area (Å²) in [5, 5.41) is 33.6. The number of fused-ring (bicyclic) bond motifs is 2. The molecule has 13 nitrogen and oxygen atoms in total. The Morgan fingerprint density at radius 3 is 2.58 bits per heavy atom. The van der Waals surface area contributed by atoms with Gasteiger partial charge in [0, 0.05) is 57.3 Å². The molecule has 0 bridgehead atoms. The Labute approximate surface area is 318 Å². The molecular formula is C39H58ClN3O10. The van der Waals surface area contributed by atoms with Crippen LogP contribution in [0.25, 0.3) is 0 Å². The molecule has 1 saturated carbocycles. The summed E-state index contributed by atoms with van der Waals surface area (Å²) < 4.78 is 31.7. The first-order chi connectivity index (χ1) is 26.0. The lowest BCUT2D eigenvalue weighted by Gasteiger charge is -2.59. The number of amides is 1. The molecule has 0 radical (unpaired) electrons. The average molecular weight is 764 g/mol. The van der Waals surface area contributed by atoms with E-state index < -0.39 is 23.8 Å². The summed E-state index contributed by atoms with van der Waals surface area (Å²) in [4.78, 5) is 23.4. The number of rotatable bonds is 24. The summed E-state index contributed by atoms with van der Waals surface area (Å²) in [7, 11) is 1.51. The van der Waals surface area contributed by atoms with E-state index in [0.29, 0.717) is 30.9 Å². The molecule has 14 heteroatoms. The molecular weight excluding hydrogens is 706 g/mol. The molecule has 1 aromatic carbocycles. The predicted octanol–water partition coefficient (Wildman–Crippen LogP) is 4.33. The van der Waals surface area contributed by atoms with E-state index in [9.17, 15) is 20.1 Å². The average Bonchev–Trinajstić information content (AvgIpc) is 4.00. The number of nitrogens with zero attached hydrogens (tertiary/aromatic N) is 3. The maximum absolute atomic E-state index is 14.0. The summed E-state index contributed by atoms with van der Waals surface area (Å²) in [6.45, 7) is 8.14. The molecule has 1 saturated heterocycles. The van der Waals surface area contributed by atoms with Crippen molar-refractivity contribution < 1.29 is 48.6 Å². The first-order valence-electron chi connectivity index (χ1n) is 19.1. The highest BCUT2D eigenvalue weighted by atomic mass is 35.5. The molecule has 2 fully saturated rings. The molecule has 2 aliphatic carbocycles. The molecule has 6 unspecified atom stereocenters. The zero-order valence-electron chi connectivity index (χ0n) is 31.0. The van der Waals surface area contributed by atoms with Crippen LogP contribution >= 0.6 is 11.6 Å². The highest BCUT2D eigenvalue weighted by molar-refractivity contribution is 6.18. The minimum absolute atomic E-state index is 0.00449.